The van der Waals surface area contributed by atoms with E-state index in [2.05, 4.69) is 40.3 Å². The predicted octanol–water partition coefficient (Wildman–Crippen LogP) is 3.54. The van der Waals surface area contributed by atoms with E-state index in [1.165, 1.54) is 17.6 Å². The summed E-state index contributed by atoms with van der Waals surface area (Å²) in [4.78, 5) is 0. The minimum Gasteiger partial charge on any atom is -0.123 e. The lowest BCUT2D eigenvalue weighted by Crippen LogP contribution is -1.86. The molecule has 0 amide bonds. The third-order valence-corrected chi connectivity index (χ3v) is 1.18. The summed E-state index contributed by atoms with van der Waals surface area (Å²) in [6, 6.07) is 0. The molecule has 0 fully saturated rings. The highest BCUT2D eigenvalue weighted by molar-refractivity contribution is 5.03. The smallest absolute Gasteiger partial charge is 0.0223 e. The van der Waals surface area contributed by atoms with Gasteiger partial charge in [-0.2, -0.15) is 0 Å². The topological polar surface area (TPSA) is 0 Å². The lowest BCUT2D eigenvalue weighted by molar-refractivity contribution is 0.643. The van der Waals surface area contributed by atoms with E-state index in [-0.39, 0.29) is 0 Å². The number of allylic oxidation sites excluding steroid dienone is 1. The molecule has 0 heteroatoms. The Labute approximate surface area is 64.6 Å². The molecule has 0 aliphatic rings. The van der Waals surface area contributed by atoms with Gasteiger partial charge in [-0.3, -0.25) is 0 Å². The van der Waals surface area contributed by atoms with Crippen LogP contribution in [0.4, 0.5) is 0 Å². The fourth-order valence-electron chi connectivity index (χ4n) is 1.09. The Morgan fingerprint density at radius 3 is 2.00 bits per heavy atom. The largest absolute Gasteiger partial charge is 0.123 e. The molecule has 0 nitrogen and oxygen atoms in total. The Morgan fingerprint density at radius 2 is 1.70 bits per heavy atom. The number of rotatable bonds is 2. The molecule has 0 radical (unpaired) electrons. The predicted molar refractivity (Wildman–Crippen MR) is 47.0 cm³/mol. The van der Waals surface area contributed by atoms with Gasteiger partial charge in [0, 0.05) is 0 Å². The van der Waals surface area contributed by atoms with Crippen LogP contribution >= 0.6 is 0 Å². The van der Waals surface area contributed by atoms with Gasteiger partial charge in [0.05, 0.1) is 0 Å². The molecule has 0 unspecified atom stereocenters. The first-order valence-corrected chi connectivity index (χ1v) is 3.92. The zero-order valence-corrected chi connectivity index (χ0v) is 7.78. The van der Waals surface area contributed by atoms with Crippen LogP contribution in [-0.2, 0) is 0 Å². The summed E-state index contributed by atoms with van der Waals surface area (Å²) in [5.41, 5.74) is 5.95. The quantitative estimate of drug-likeness (QED) is 0.512. The van der Waals surface area contributed by atoms with Crippen molar-refractivity contribution in [1.29, 1.82) is 0 Å². The second-order valence-electron chi connectivity index (χ2n) is 3.50. The van der Waals surface area contributed by atoms with E-state index >= 15 is 0 Å². The minimum atomic E-state index is 0.756. The first kappa shape index (κ1) is 9.52. The Hall–Kier alpha value is -0.480. The molecule has 0 bridgehead atoms. The van der Waals surface area contributed by atoms with E-state index in [9.17, 15) is 0 Å². The molecular formula is C10H18. The molecule has 0 aliphatic carbocycles. The van der Waals surface area contributed by atoms with Crippen LogP contribution in [0.2, 0.25) is 0 Å². The molecule has 0 heterocycles. The van der Waals surface area contributed by atoms with Crippen molar-refractivity contribution in [2.75, 3.05) is 0 Å². The maximum absolute atomic E-state index is 3.31. The van der Waals surface area contributed by atoms with Crippen LogP contribution in [0.5, 0.6) is 0 Å². The third kappa shape index (κ3) is 5.65. The van der Waals surface area contributed by atoms with E-state index < -0.39 is 0 Å². The van der Waals surface area contributed by atoms with Crippen LogP contribution in [0.25, 0.3) is 0 Å². The van der Waals surface area contributed by atoms with Crippen LogP contribution in [0.3, 0.4) is 0 Å². The van der Waals surface area contributed by atoms with Gasteiger partial charge in [0.2, 0.25) is 0 Å². The molecule has 0 atom stereocenters. The highest BCUT2D eigenvalue weighted by Gasteiger charge is 1.93. The van der Waals surface area contributed by atoms with Gasteiger partial charge < -0.3 is 0 Å². The zero-order valence-electron chi connectivity index (χ0n) is 7.78. The average molecular weight is 138 g/mol. The minimum absolute atomic E-state index is 0.756. The molecular weight excluding hydrogens is 120 g/mol. The highest BCUT2D eigenvalue weighted by atomic mass is 14.0. The monoisotopic (exact) mass is 138 g/mol. The van der Waals surface area contributed by atoms with Gasteiger partial charge in [0.1, 0.15) is 0 Å². The fraction of sp³-hybridized carbons (Fsp3) is 0.700. The normalized spacial score (nSPS) is 9.40. The van der Waals surface area contributed by atoms with Crippen LogP contribution in [0, 0.1) is 5.92 Å². The Balaban J connectivity index is 4.09. The van der Waals surface area contributed by atoms with Gasteiger partial charge in [0.15, 0.2) is 0 Å². The number of hydrogen-bond donors (Lipinski definition) is 0. The van der Waals surface area contributed by atoms with Crippen molar-refractivity contribution in [3.8, 4) is 0 Å². The van der Waals surface area contributed by atoms with Crippen molar-refractivity contribution < 1.29 is 0 Å². The highest BCUT2D eigenvalue weighted by Crippen LogP contribution is 2.08. The summed E-state index contributed by atoms with van der Waals surface area (Å²) in [5.74, 6) is 0.756. The van der Waals surface area contributed by atoms with E-state index in [1.807, 2.05) is 0 Å². The van der Waals surface area contributed by atoms with Crippen molar-refractivity contribution in [3.05, 3.63) is 16.9 Å². The maximum Gasteiger partial charge on any atom is -0.0223 e. The molecule has 10 heavy (non-hydrogen) atoms. The fourth-order valence-corrected chi connectivity index (χ4v) is 1.09. The molecule has 0 spiro atoms. The first-order chi connectivity index (χ1) is 4.52. The second-order valence-corrected chi connectivity index (χ2v) is 3.50. The lowest BCUT2D eigenvalue weighted by atomic mass is 10.0. The summed E-state index contributed by atoms with van der Waals surface area (Å²) in [5, 5.41) is 0. The van der Waals surface area contributed by atoms with Crippen molar-refractivity contribution in [2.24, 2.45) is 5.92 Å². The van der Waals surface area contributed by atoms with Gasteiger partial charge in [-0.25, -0.2) is 0 Å². The summed E-state index contributed by atoms with van der Waals surface area (Å²) in [6.45, 7) is 10.8. The van der Waals surface area contributed by atoms with Crippen molar-refractivity contribution >= 4 is 0 Å². The van der Waals surface area contributed by atoms with Crippen LogP contribution < -0.4 is 0 Å². The molecule has 0 aromatic carbocycles. The molecule has 0 rings (SSSR count). The van der Waals surface area contributed by atoms with E-state index in [0.717, 1.165) is 5.92 Å². The molecule has 0 aromatic rings. The van der Waals surface area contributed by atoms with E-state index in [1.54, 1.807) is 0 Å². The summed E-state index contributed by atoms with van der Waals surface area (Å²) < 4.78 is 0. The van der Waals surface area contributed by atoms with Gasteiger partial charge in [-0.05, 0) is 44.3 Å². The molecule has 0 aromatic heterocycles. The Morgan fingerprint density at radius 1 is 1.20 bits per heavy atom. The van der Waals surface area contributed by atoms with Gasteiger partial charge >= 0.3 is 0 Å². The van der Waals surface area contributed by atoms with Crippen LogP contribution in [0.1, 0.15) is 41.0 Å². The van der Waals surface area contributed by atoms with Crippen LogP contribution in [-0.4, -0.2) is 0 Å². The van der Waals surface area contributed by atoms with Crippen LogP contribution in [0.15, 0.2) is 16.9 Å². The van der Waals surface area contributed by atoms with Crippen molar-refractivity contribution in [3.63, 3.8) is 0 Å². The summed E-state index contributed by atoms with van der Waals surface area (Å²) in [6.07, 6.45) is 1.17. The second kappa shape index (κ2) is 4.35. The number of hydrogen-bond acceptors (Lipinski definition) is 0. The third-order valence-electron chi connectivity index (χ3n) is 1.18. The molecule has 0 aliphatic heterocycles. The van der Waals surface area contributed by atoms with Crippen molar-refractivity contribution in [1.82, 2.24) is 0 Å². The summed E-state index contributed by atoms with van der Waals surface area (Å²) >= 11 is 0. The Kier molecular flexibility index (Phi) is 4.14. The molecule has 0 saturated heterocycles. The first-order valence-electron chi connectivity index (χ1n) is 3.92. The SMILES string of the molecule is CC(C)=C=C(C)CC(C)C. The van der Waals surface area contributed by atoms with Gasteiger partial charge in [0.25, 0.3) is 0 Å². The van der Waals surface area contributed by atoms with Gasteiger partial charge in [-0.1, -0.05) is 13.8 Å². The standard InChI is InChI=1S/C10H18/c1-8(2)6-10(5)7-9(3)4/h8H,6H2,1-5H3. The Bertz CT molecular complexity index is 151. The molecule has 0 N–H and O–H groups in total. The zero-order chi connectivity index (χ0) is 8.15. The van der Waals surface area contributed by atoms with Gasteiger partial charge in [-0.15, -0.1) is 5.73 Å². The summed E-state index contributed by atoms with van der Waals surface area (Å²) in [7, 11) is 0. The molecule has 58 valence electrons. The van der Waals surface area contributed by atoms with E-state index in [4.69, 9.17) is 0 Å². The lowest BCUT2D eigenvalue weighted by Gasteiger charge is -2.00. The van der Waals surface area contributed by atoms with Crippen molar-refractivity contribution in [2.45, 2.75) is 41.0 Å². The average Bonchev–Trinajstić information content (AvgIpc) is 1.58. The van der Waals surface area contributed by atoms with E-state index in [0.29, 0.717) is 0 Å². The maximum atomic E-state index is 3.31. The molecule has 0 saturated carbocycles.